The zero-order chi connectivity index (χ0) is 14.7. The van der Waals surface area contributed by atoms with Gasteiger partial charge in [-0.2, -0.15) is 0 Å². The van der Waals surface area contributed by atoms with Crippen LogP contribution in [0.25, 0.3) is 0 Å². The van der Waals surface area contributed by atoms with Gasteiger partial charge in [-0.25, -0.2) is 0 Å². The number of carbonyl (C=O) groups excluding carboxylic acids is 1. The van der Waals surface area contributed by atoms with Gasteiger partial charge in [0.25, 0.3) is 5.91 Å². The molecule has 1 saturated heterocycles. The van der Waals surface area contributed by atoms with E-state index in [1.807, 2.05) is 7.05 Å². The molecule has 4 nitrogen and oxygen atoms in total. The van der Waals surface area contributed by atoms with Gasteiger partial charge in [-0.3, -0.25) is 4.79 Å². The van der Waals surface area contributed by atoms with Gasteiger partial charge >= 0.3 is 0 Å². The smallest absolute Gasteiger partial charge is 0.251 e. The maximum absolute atomic E-state index is 12.2. The molecule has 3 rings (SSSR count). The Morgan fingerprint density at radius 3 is 3.05 bits per heavy atom. The molecule has 0 saturated carbocycles. The summed E-state index contributed by atoms with van der Waals surface area (Å²) in [6.45, 7) is 2.45. The van der Waals surface area contributed by atoms with E-state index in [0.717, 1.165) is 44.6 Å². The van der Waals surface area contributed by atoms with Crippen LogP contribution in [0.1, 0.15) is 46.8 Å². The molecule has 0 radical (unpaired) electrons. The van der Waals surface area contributed by atoms with Crippen LogP contribution in [0.2, 0.25) is 0 Å². The van der Waals surface area contributed by atoms with Crippen LogP contribution in [-0.2, 0) is 11.2 Å². The first-order chi connectivity index (χ1) is 10.3. The van der Waals surface area contributed by atoms with Crippen molar-refractivity contribution in [3.8, 4) is 0 Å². The summed E-state index contributed by atoms with van der Waals surface area (Å²) in [5.74, 6) is 0.551. The average molecular weight is 288 g/mol. The standard InChI is InChI=1S/C17H24N2O2/c1-18-16(14-5-3-9-21-11-14)13-7-6-12-4-2-8-19-17(20)15(12)10-13/h6-7,10,14,16,18H,2-5,8-9,11H2,1H3,(H,19,20). The molecule has 2 unspecified atom stereocenters. The Labute approximate surface area is 126 Å². The molecular formula is C17H24N2O2. The zero-order valence-corrected chi connectivity index (χ0v) is 12.7. The number of hydrogen-bond acceptors (Lipinski definition) is 3. The van der Waals surface area contributed by atoms with Gasteiger partial charge in [0.15, 0.2) is 0 Å². The Morgan fingerprint density at radius 2 is 2.29 bits per heavy atom. The molecule has 4 heteroatoms. The third-order valence-electron chi connectivity index (χ3n) is 4.62. The largest absolute Gasteiger partial charge is 0.381 e. The van der Waals surface area contributed by atoms with Gasteiger partial charge in [0.05, 0.1) is 6.61 Å². The summed E-state index contributed by atoms with van der Waals surface area (Å²) in [5, 5.41) is 6.39. The molecular weight excluding hydrogens is 264 g/mol. The monoisotopic (exact) mass is 288 g/mol. The number of nitrogens with one attached hydrogen (secondary N) is 2. The predicted molar refractivity (Wildman–Crippen MR) is 82.4 cm³/mol. The van der Waals surface area contributed by atoms with Crippen molar-refractivity contribution in [1.29, 1.82) is 0 Å². The van der Waals surface area contributed by atoms with E-state index >= 15 is 0 Å². The van der Waals surface area contributed by atoms with E-state index in [-0.39, 0.29) is 11.9 Å². The number of aryl methyl sites for hydroxylation is 1. The van der Waals surface area contributed by atoms with Crippen LogP contribution in [0.5, 0.6) is 0 Å². The number of ether oxygens (including phenoxy) is 1. The van der Waals surface area contributed by atoms with E-state index in [4.69, 9.17) is 4.74 Å². The van der Waals surface area contributed by atoms with Gasteiger partial charge in [-0.1, -0.05) is 12.1 Å². The van der Waals surface area contributed by atoms with E-state index < -0.39 is 0 Å². The van der Waals surface area contributed by atoms with Crippen molar-refractivity contribution in [3.05, 3.63) is 34.9 Å². The Bertz CT molecular complexity index is 510. The highest BCUT2D eigenvalue weighted by Crippen LogP contribution is 2.30. The molecule has 2 heterocycles. The summed E-state index contributed by atoms with van der Waals surface area (Å²) in [7, 11) is 1.99. The number of benzene rings is 1. The number of hydrogen-bond donors (Lipinski definition) is 2. The Kier molecular flexibility index (Phi) is 4.56. The summed E-state index contributed by atoms with van der Waals surface area (Å²) in [6, 6.07) is 6.63. The Hall–Kier alpha value is -1.39. The van der Waals surface area contributed by atoms with Gasteiger partial charge in [0.1, 0.15) is 0 Å². The zero-order valence-electron chi connectivity index (χ0n) is 12.7. The van der Waals surface area contributed by atoms with Crippen LogP contribution in [0, 0.1) is 5.92 Å². The fraction of sp³-hybridized carbons (Fsp3) is 0.588. The van der Waals surface area contributed by atoms with Gasteiger partial charge in [0.2, 0.25) is 0 Å². The van der Waals surface area contributed by atoms with Gasteiger partial charge in [-0.15, -0.1) is 0 Å². The molecule has 1 amide bonds. The highest BCUT2D eigenvalue weighted by atomic mass is 16.5. The molecule has 2 atom stereocenters. The summed E-state index contributed by atoms with van der Waals surface area (Å²) in [4.78, 5) is 12.2. The predicted octanol–water partition coefficient (Wildman–Crippen LogP) is 2.05. The van der Waals surface area contributed by atoms with Crippen molar-refractivity contribution < 1.29 is 9.53 Å². The highest BCUT2D eigenvalue weighted by molar-refractivity contribution is 5.96. The fourth-order valence-corrected chi connectivity index (χ4v) is 3.50. The van der Waals surface area contributed by atoms with E-state index in [9.17, 15) is 4.79 Å². The van der Waals surface area contributed by atoms with E-state index in [0.29, 0.717) is 5.92 Å². The second-order valence-electron chi connectivity index (χ2n) is 6.02. The summed E-state index contributed by atoms with van der Waals surface area (Å²) in [5.41, 5.74) is 3.22. The Balaban J connectivity index is 1.88. The first-order valence-electron chi connectivity index (χ1n) is 7.95. The lowest BCUT2D eigenvalue weighted by atomic mass is 9.87. The summed E-state index contributed by atoms with van der Waals surface area (Å²) < 4.78 is 5.62. The van der Waals surface area contributed by atoms with Crippen LogP contribution < -0.4 is 10.6 Å². The van der Waals surface area contributed by atoms with Crippen molar-refractivity contribution in [3.63, 3.8) is 0 Å². The quantitative estimate of drug-likeness (QED) is 0.895. The lowest BCUT2D eigenvalue weighted by Gasteiger charge is -2.30. The molecule has 1 aromatic rings. The van der Waals surface area contributed by atoms with Crippen molar-refractivity contribution in [2.75, 3.05) is 26.8 Å². The molecule has 21 heavy (non-hydrogen) atoms. The number of rotatable bonds is 3. The highest BCUT2D eigenvalue weighted by Gasteiger charge is 2.26. The lowest BCUT2D eigenvalue weighted by molar-refractivity contribution is 0.0402. The molecule has 0 spiro atoms. The van der Waals surface area contributed by atoms with E-state index in [1.165, 1.54) is 17.5 Å². The first kappa shape index (κ1) is 14.5. The molecule has 1 aromatic carbocycles. The SMILES string of the molecule is CNC(c1ccc2c(c1)C(=O)NCCC2)C1CCCOC1. The van der Waals surface area contributed by atoms with Crippen molar-refractivity contribution in [1.82, 2.24) is 10.6 Å². The summed E-state index contributed by atoms with van der Waals surface area (Å²) in [6.07, 6.45) is 4.29. The van der Waals surface area contributed by atoms with Crippen molar-refractivity contribution in [2.45, 2.75) is 31.7 Å². The number of carbonyl (C=O) groups is 1. The third kappa shape index (κ3) is 3.11. The molecule has 0 bridgehead atoms. The maximum atomic E-state index is 12.2. The molecule has 2 N–H and O–H groups in total. The second kappa shape index (κ2) is 6.58. The topological polar surface area (TPSA) is 50.4 Å². The molecule has 0 aliphatic carbocycles. The minimum Gasteiger partial charge on any atom is -0.381 e. The molecule has 0 aromatic heterocycles. The third-order valence-corrected chi connectivity index (χ3v) is 4.62. The molecule has 1 fully saturated rings. The van der Waals surface area contributed by atoms with Gasteiger partial charge in [-0.05, 0) is 49.9 Å². The fourth-order valence-electron chi connectivity index (χ4n) is 3.50. The van der Waals surface area contributed by atoms with E-state index in [1.54, 1.807) is 0 Å². The van der Waals surface area contributed by atoms with Crippen LogP contribution in [0.4, 0.5) is 0 Å². The number of amides is 1. The van der Waals surface area contributed by atoms with Crippen molar-refractivity contribution in [2.24, 2.45) is 5.92 Å². The van der Waals surface area contributed by atoms with Crippen LogP contribution in [0.3, 0.4) is 0 Å². The van der Waals surface area contributed by atoms with Gasteiger partial charge in [0, 0.05) is 30.7 Å². The Morgan fingerprint density at radius 1 is 1.38 bits per heavy atom. The first-order valence-corrected chi connectivity index (χ1v) is 7.95. The maximum Gasteiger partial charge on any atom is 0.251 e. The number of fused-ring (bicyclic) bond motifs is 1. The van der Waals surface area contributed by atoms with Crippen LogP contribution in [0.15, 0.2) is 18.2 Å². The second-order valence-corrected chi connectivity index (χ2v) is 6.02. The summed E-state index contributed by atoms with van der Waals surface area (Å²) >= 11 is 0. The molecule has 2 aliphatic rings. The van der Waals surface area contributed by atoms with Crippen LogP contribution >= 0.6 is 0 Å². The molecule has 2 aliphatic heterocycles. The van der Waals surface area contributed by atoms with Crippen molar-refractivity contribution >= 4 is 5.91 Å². The van der Waals surface area contributed by atoms with Crippen LogP contribution in [-0.4, -0.2) is 32.7 Å². The minimum atomic E-state index is 0.0686. The normalized spacial score (nSPS) is 23.9. The minimum absolute atomic E-state index is 0.0686. The van der Waals surface area contributed by atoms with Gasteiger partial charge < -0.3 is 15.4 Å². The lowest BCUT2D eigenvalue weighted by Crippen LogP contribution is -2.31. The van der Waals surface area contributed by atoms with E-state index in [2.05, 4.69) is 28.8 Å². The molecule has 114 valence electrons. The average Bonchev–Trinajstić information content (AvgIpc) is 2.71.